The molecule has 0 bridgehead atoms. The Bertz CT molecular complexity index is 1710. The van der Waals surface area contributed by atoms with Gasteiger partial charge in [-0.2, -0.15) is 0 Å². The van der Waals surface area contributed by atoms with Gasteiger partial charge in [-0.3, -0.25) is 14.3 Å². The second-order valence-corrected chi connectivity index (χ2v) is 18.4. The number of hydrogen-bond acceptors (Lipinski definition) is 7. The van der Waals surface area contributed by atoms with Crippen LogP contribution in [-0.2, 0) is 19.5 Å². The molecule has 0 amide bonds. The van der Waals surface area contributed by atoms with Gasteiger partial charge >= 0.3 is 5.69 Å². The van der Waals surface area contributed by atoms with Gasteiger partial charge in [0.25, 0.3) is 5.56 Å². The molecule has 1 aromatic heterocycles. The highest BCUT2D eigenvalue weighted by Gasteiger charge is 2.47. The summed E-state index contributed by atoms with van der Waals surface area (Å²) in [6.45, 7) is 12.8. The van der Waals surface area contributed by atoms with Crippen LogP contribution in [0.3, 0.4) is 0 Å². The van der Waals surface area contributed by atoms with Crippen LogP contribution in [0.15, 0.2) is 94.6 Å². The van der Waals surface area contributed by atoms with Gasteiger partial charge in [-0.15, -0.1) is 0 Å². The first-order chi connectivity index (χ1) is 22.3. The van der Waals surface area contributed by atoms with Crippen molar-refractivity contribution in [2.75, 3.05) is 20.8 Å². The van der Waals surface area contributed by atoms with E-state index in [0.717, 1.165) is 28.2 Å². The molecule has 1 saturated heterocycles. The Morgan fingerprint density at radius 2 is 1.38 bits per heavy atom. The molecule has 1 N–H and O–H groups in total. The molecule has 47 heavy (non-hydrogen) atoms. The lowest BCUT2D eigenvalue weighted by atomic mass is 9.80. The summed E-state index contributed by atoms with van der Waals surface area (Å²) in [6, 6.07) is 25.8. The molecule has 0 aliphatic carbocycles. The minimum Gasteiger partial charge on any atom is -0.497 e. The molecular weight excluding hydrogens is 613 g/mol. The first-order valence-corrected chi connectivity index (χ1v) is 18.8. The van der Waals surface area contributed by atoms with Crippen molar-refractivity contribution >= 4 is 8.32 Å². The number of nitrogens with zero attached hydrogens (tertiary/aromatic N) is 1. The number of aromatic nitrogens is 2. The highest BCUT2D eigenvalue weighted by molar-refractivity contribution is 6.74. The molecule has 3 atom stereocenters. The van der Waals surface area contributed by atoms with E-state index < -0.39 is 43.6 Å². The summed E-state index contributed by atoms with van der Waals surface area (Å²) in [5.41, 5.74) is 1.19. The van der Waals surface area contributed by atoms with Crippen LogP contribution in [0.25, 0.3) is 0 Å². The Balaban J connectivity index is 1.57. The summed E-state index contributed by atoms with van der Waals surface area (Å²) in [7, 11) is 1.00. The monoisotopic (exact) mass is 658 g/mol. The minimum absolute atomic E-state index is 0.0663. The van der Waals surface area contributed by atoms with E-state index in [9.17, 15) is 9.59 Å². The molecule has 9 nitrogen and oxygen atoms in total. The molecule has 0 spiro atoms. The lowest BCUT2D eigenvalue weighted by molar-refractivity contribution is -0.0865. The van der Waals surface area contributed by atoms with Gasteiger partial charge in [0.15, 0.2) is 14.5 Å². The Morgan fingerprint density at radius 1 is 0.851 bits per heavy atom. The van der Waals surface area contributed by atoms with Crippen LogP contribution in [0.5, 0.6) is 11.5 Å². The van der Waals surface area contributed by atoms with Gasteiger partial charge in [-0.05, 0) is 66.0 Å². The number of nitrogens with one attached hydrogen (secondary N) is 1. The van der Waals surface area contributed by atoms with Crippen molar-refractivity contribution < 1.29 is 23.4 Å². The van der Waals surface area contributed by atoms with Crippen molar-refractivity contribution in [3.05, 3.63) is 128 Å². The lowest BCUT2D eigenvalue weighted by Gasteiger charge is -2.39. The normalized spacial score (nSPS) is 18.7. The number of aryl methyl sites for hydroxylation is 1. The number of ether oxygens (including phenoxy) is 4. The van der Waals surface area contributed by atoms with Crippen molar-refractivity contribution in [1.82, 2.24) is 9.55 Å². The maximum Gasteiger partial charge on any atom is 0.330 e. The highest BCUT2D eigenvalue weighted by Crippen LogP contribution is 2.44. The standard InChI is InChI=1S/C37H46N2O7Si/c1-25-23-39(35(41)38-33(25)40)34-32(46-47(7,8)36(2,3)4)22-31(45-34)24-44-37(26-12-10-9-11-13-26,27-14-18-29(42-5)19-15-27)28-16-20-30(43-6)21-17-28/h9-21,23,31-32,34H,22,24H2,1-8H3,(H,38,40,41)/t31-,32-,34-/m1/s1. The van der Waals surface area contributed by atoms with Gasteiger partial charge in [-0.25, -0.2) is 4.79 Å². The first-order valence-electron chi connectivity index (χ1n) is 15.9. The summed E-state index contributed by atoms with van der Waals surface area (Å²) >= 11 is 0. The van der Waals surface area contributed by atoms with Crippen molar-refractivity contribution in [2.45, 2.75) is 76.3 Å². The summed E-state index contributed by atoms with van der Waals surface area (Å²) in [4.78, 5) is 27.8. The van der Waals surface area contributed by atoms with E-state index >= 15 is 0 Å². The molecule has 0 saturated carbocycles. The number of methoxy groups -OCH3 is 2. The van der Waals surface area contributed by atoms with E-state index in [0.29, 0.717) is 12.0 Å². The van der Waals surface area contributed by atoms with Crippen LogP contribution in [0, 0.1) is 6.92 Å². The van der Waals surface area contributed by atoms with E-state index in [1.54, 1.807) is 27.3 Å². The van der Waals surface area contributed by atoms with E-state index in [4.69, 9.17) is 23.4 Å². The maximum atomic E-state index is 13.1. The van der Waals surface area contributed by atoms with E-state index in [1.165, 1.54) is 4.57 Å². The number of H-pyrrole nitrogens is 1. The molecular formula is C37H46N2O7Si. The van der Waals surface area contributed by atoms with Gasteiger partial charge in [0.05, 0.1) is 33.0 Å². The van der Waals surface area contributed by atoms with E-state index in [-0.39, 0.29) is 11.6 Å². The van der Waals surface area contributed by atoms with Crippen molar-refractivity contribution in [2.24, 2.45) is 0 Å². The van der Waals surface area contributed by atoms with Gasteiger partial charge in [-0.1, -0.05) is 75.4 Å². The van der Waals surface area contributed by atoms with Gasteiger partial charge in [0.1, 0.15) is 17.1 Å². The van der Waals surface area contributed by atoms with Crippen LogP contribution in [0.4, 0.5) is 0 Å². The Morgan fingerprint density at radius 3 is 1.89 bits per heavy atom. The zero-order chi connectivity index (χ0) is 34.0. The third-order valence-corrected chi connectivity index (χ3v) is 14.0. The first kappa shape index (κ1) is 34.4. The van der Waals surface area contributed by atoms with Gasteiger partial charge in [0, 0.05) is 18.2 Å². The quantitative estimate of drug-likeness (QED) is 0.144. The van der Waals surface area contributed by atoms with Crippen molar-refractivity contribution in [3.63, 3.8) is 0 Å². The topological polar surface area (TPSA) is 101 Å². The predicted molar refractivity (Wildman–Crippen MR) is 185 cm³/mol. The summed E-state index contributed by atoms with van der Waals surface area (Å²) in [6.07, 6.45) is 0.459. The molecule has 0 unspecified atom stereocenters. The van der Waals surface area contributed by atoms with Crippen LogP contribution >= 0.6 is 0 Å². The number of hydrogen-bond donors (Lipinski definition) is 1. The van der Waals surface area contributed by atoms with Crippen LogP contribution < -0.4 is 20.7 Å². The smallest absolute Gasteiger partial charge is 0.330 e. The zero-order valence-electron chi connectivity index (χ0n) is 28.5. The van der Waals surface area contributed by atoms with Gasteiger partial charge in [0.2, 0.25) is 0 Å². The average Bonchev–Trinajstić information content (AvgIpc) is 3.45. The third-order valence-electron chi connectivity index (χ3n) is 9.48. The third kappa shape index (κ3) is 7.01. The Hall–Kier alpha value is -3.96. The largest absolute Gasteiger partial charge is 0.497 e. The lowest BCUT2D eigenvalue weighted by Crippen LogP contribution is -2.46. The summed E-state index contributed by atoms with van der Waals surface area (Å²) < 4.78 is 33.1. The second kappa shape index (κ2) is 13.6. The van der Waals surface area contributed by atoms with Crippen molar-refractivity contribution in [3.8, 4) is 11.5 Å². The summed E-state index contributed by atoms with van der Waals surface area (Å²) in [5.74, 6) is 1.47. The zero-order valence-corrected chi connectivity index (χ0v) is 29.5. The van der Waals surface area contributed by atoms with Gasteiger partial charge < -0.3 is 23.4 Å². The molecule has 1 fully saturated rings. The maximum absolute atomic E-state index is 13.1. The predicted octanol–water partition coefficient (Wildman–Crippen LogP) is 6.55. The fraction of sp³-hybridized carbons (Fsp3) is 0.405. The van der Waals surface area contributed by atoms with Crippen LogP contribution in [-0.4, -0.2) is 50.9 Å². The SMILES string of the molecule is COc1ccc(C(OC[C@H]2C[C@@H](O[Si](C)(C)C(C)(C)C)[C@H](n3cc(C)c(=O)[nH]c3=O)O2)(c2ccccc2)c2ccc(OC)cc2)cc1. The molecule has 1 aliphatic heterocycles. The van der Waals surface area contributed by atoms with E-state index in [2.05, 4.69) is 51.0 Å². The molecule has 5 rings (SSSR count). The van der Waals surface area contributed by atoms with Crippen LogP contribution in [0.2, 0.25) is 18.1 Å². The Labute approximate surface area is 277 Å². The fourth-order valence-electron chi connectivity index (χ4n) is 5.80. The molecule has 4 aromatic rings. The average molecular weight is 659 g/mol. The number of aromatic amines is 1. The van der Waals surface area contributed by atoms with Crippen LogP contribution in [0.1, 0.15) is 55.7 Å². The number of rotatable bonds is 11. The second-order valence-electron chi connectivity index (χ2n) is 13.6. The molecule has 250 valence electrons. The molecule has 3 aromatic carbocycles. The molecule has 0 radical (unpaired) electrons. The van der Waals surface area contributed by atoms with Crippen molar-refractivity contribution in [1.29, 1.82) is 0 Å². The molecule has 10 heteroatoms. The van der Waals surface area contributed by atoms with E-state index in [1.807, 2.05) is 66.7 Å². The Kier molecular flexibility index (Phi) is 9.98. The number of benzene rings is 3. The fourth-order valence-corrected chi connectivity index (χ4v) is 7.12. The summed E-state index contributed by atoms with van der Waals surface area (Å²) in [5, 5.41) is -0.0663. The minimum atomic E-state index is -2.28. The highest BCUT2D eigenvalue weighted by atomic mass is 28.4. The molecule has 2 heterocycles. The molecule has 1 aliphatic rings.